The molecule has 1 aromatic carbocycles. The van der Waals surface area contributed by atoms with Crippen LogP contribution in [0.4, 0.5) is 0 Å². The lowest BCUT2D eigenvalue weighted by atomic mass is 10.2. The first kappa shape index (κ1) is 21.1. The number of carbonyl (C=O) groups excluding carboxylic acids is 2. The van der Waals surface area contributed by atoms with Gasteiger partial charge in [-0.1, -0.05) is 30.3 Å². The number of amides is 2. The summed E-state index contributed by atoms with van der Waals surface area (Å²) in [6.07, 6.45) is 1.05. The fourth-order valence-electron chi connectivity index (χ4n) is 3.68. The molecule has 29 heavy (non-hydrogen) atoms. The maximum atomic E-state index is 12.6. The van der Waals surface area contributed by atoms with E-state index in [0.29, 0.717) is 32.5 Å². The van der Waals surface area contributed by atoms with Crippen LogP contribution in [-0.2, 0) is 16.0 Å². The van der Waals surface area contributed by atoms with Crippen LogP contribution in [0.15, 0.2) is 46.9 Å². The summed E-state index contributed by atoms with van der Waals surface area (Å²) >= 11 is 0. The number of aryl methyl sites for hydroxylation is 1. The number of piperazine rings is 1. The lowest BCUT2D eigenvalue weighted by Gasteiger charge is -2.35. The minimum atomic E-state index is 0.150. The van der Waals surface area contributed by atoms with Crippen molar-refractivity contribution in [3.63, 3.8) is 0 Å². The molecule has 1 aliphatic rings. The molecule has 156 valence electrons. The number of likely N-dealkylation sites (N-methyl/N-ethyl adjacent to an activating group) is 1. The van der Waals surface area contributed by atoms with E-state index in [2.05, 4.69) is 4.90 Å². The quantitative estimate of drug-likeness (QED) is 0.687. The van der Waals surface area contributed by atoms with Gasteiger partial charge in [0.15, 0.2) is 0 Å². The molecule has 0 saturated carbocycles. The van der Waals surface area contributed by atoms with E-state index < -0.39 is 0 Å². The Morgan fingerprint density at radius 2 is 1.66 bits per heavy atom. The number of benzene rings is 1. The van der Waals surface area contributed by atoms with Gasteiger partial charge in [-0.3, -0.25) is 14.5 Å². The average Bonchev–Trinajstić information content (AvgIpc) is 3.23. The smallest absolute Gasteiger partial charge is 0.236 e. The SMILES string of the molecule is CCN(CC)C(=O)CN1CCN(C(=O)CCc2ccc(-c3ccccc3)o2)CC1. The Morgan fingerprint density at radius 1 is 0.966 bits per heavy atom. The molecule has 0 unspecified atom stereocenters. The highest BCUT2D eigenvalue weighted by Crippen LogP contribution is 2.22. The Morgan fingerprint density at radius 3 is 2.31 bits per heavy atom. The number of furan rings is 1. The Hall–Kier alpha value is -2.60. The van der Waals surface area contributed by atoms with E-state index >= 15 is 0 Å². The van der Waals surface area contributed by atoms with Gasteiger partial charge in [-0.05, 0) is 26.0 Å². The van der Waals surface area contributed by atoms with Crippen LogP contribution in [0.5, 0.6) is 0 Å². The predicted octanol–water partition coefficient (Wildman–Crippen LogP) is 2.89. The zero-order chi connectivity index (χ0) is 20.6. The zero-order valence-corrected chi connectivity index (χ0v) is 17.5. The molecule has 0 N–H and O–H groups in total. The molecule has 0 bridgehead atoms. The lowest BCUT2D eigenvalue weighted by Crippen LogP contribution is -2.51. The number of rotatable bonds is 8. The van der Waals surface area contributed by atoms with E-state index in [1.807, 2.05) is 66.1 Å². The Balaban J connectivity index is 1.42. The fourth-order valence-corrected chi connectivity index (χ4v) is 3.68. The van der Waals surface area contributed by atoms with Crippen molar-refractivity contribution in [2.24, 2.45) is 0 Å². The van der Waals surface area contributed by atoms with Crippen LogP contribution in [-0.4, -0.2) is 72.3 Å². The maximum absolute atomic E-state index is 12.6. The standard InChI is InChI=1S/C23H31N3O3/c1-3-25(4-2)23(28)18-24-14-16-26(17-15-24)22(27)13-11-20-10-12-21(29-20)19-8-6-5-7-9-19/h5-10,12H,3-4,11,13-18H2,1-2H3. The summed E-state index contributed by atoms with van der Waals surface area (Å²) in [6.45, 7) is 8.78. The summed E-state index contributed by atoms with van der Waals surface area (Å²) in [4.78, 5) is 30.7. The molecule has 1 saturated heterocycles. The Kier molecular flexibility index (Phi) is 7.47. The highest BCUT2D eigenvalue weighted by Gasteiger charge is 2.23. The monoisotopic (exact) mass is 397 g/mol. The van der Waals surface area contributed by atoms with Gasteiger partial charge < -0.3 is 14.2 Å². The minimum absolute atomic E-state index is 0.150. The molecular formula is C23H31N3O3. The van der Waals surface area contributed by atoms with Gasteiger partial charge in [-0.25, -0.2) is 0 Å². The van der Waals surface area contributed by atoms with Gasteiger partial charge in [0.2, 0.25) is 11.8 Å². The van der Waals surface area contributed by atoms with Crippen LogP contribution < -0.4 is 0 Å². The normalized spacial score (nSPS) is 14.8. The molecule has 0 radical (unpaired) electrons. The summed E-state index contributed by atoms with van der Waals surface area (Å²) in [5.74, 6) is 1.99. The first-order valence-electron chi connectivity index (χ1n) is 10.5. The van der Waals surface area contributed by atoms with Crippen LogP contribution >= 0.6 is 0 Å². The number of nitrogens with zero attached hydrogens (tertiary/aromatic N) is 3. The molecule has 1 aliphatic heterocycles. The van der Waals surface area contributed by atoms with Crippen molar-refractivity contribution in [2.45, 2.75) is 26.7 Å². The number of hydrogen-bond acceptors (Lipinski definition) is 4. The van der Waals surface area contributed by atoms with Gasteiger partial charge in [0, 0.05) is 57.7 Å². The van der Waals surface area contributed by atoms with E-state index in [9.17, 15) is 9.59 Å². The van der Waals surface area contributed by atoms with Crippen molar-refractivity contribution >= 4 is 11.8 Å². The molecule has 0 aliphatic carbocycles. The fraction of sp³-hybridized carbons (Fsp3) is 0.478. The van der Waals surface area contributed by atoms with E-state index in [1.54, 1.807) is 0 Å². The molecule has 1 fully saturated rings. The number of hydrogen-bond donors (Lipinski definition) is 0. The average molecular weight is 398 g/mol. The molecule has 0 spiro atoms. The Bertz CT molecular complexity index is 791. The van der Waals surface area contributed by atoms with Gasteiger partial charge in [0.05, 0.1) is 6.54 Å². The third kappa shape index (κ3) is 5.70. The molecule has 0 atom stereocenters. The molecule has 6 nitrogen and oxygen atoms in total. The lowest BCUT2D eigenvalue weighted by molar-refractivity contribution is -0.135. The van der Waals surface area contributed by atoms with Gasteiger partial charge >= 0.3 is 0 Å². The molecule has 3 rings (SSSR count). The first-order valence-corrected chi connectivity index (χ1v) is 10.5. The molecule has 2 amide bonds. The van der Waals surface area contributed by atoms with Crippen molar-refractivity contribution in [3.8, 4) is 11.3 Å². The second-order valence-corrected chi connectivity index (χ2v) is 7.35. The summed E-state index contributed by atoms with van der Waals surface area (Å²) in [7, 11) is 0. The zero-order valence-electron chi connectivity index (χ0n) is 17.5. The van der Waals surface area contributed by atoms with Gasteiger partial charge in [-0.2, -0.15) is 0 Å². The van der Waals surface area contributed by atoms with Crippen LogP contribution in [0.3, 0.4) is 0 Å². The maximum Gasteiger partial charge on any atom is 0.236 e. The van der Waals surface area contributed by atoms with Crippen molar-refractivity contribution in [3.05, 3.63) is 48.2 Å². The van der Waals surface area contributed by atoms with E-state index in [4.69, 9.17) is 4.42 Å². The third-order valence-electron chi connectivity index (χ3n) is 5.51. The van der Waals surface area contributed by atoms with Crippen LogP contribution in [0.1, 0.15) is 26.0 Å². The molecule has 2 aromatic rings. The second-order valence-electron chi connectivity index (χ2n) is 7.35. The second kappa shape index (κ2) is 10.3. The summed E-state index contributed by atoms with van der Waals surface area (Å²) in [5.41, 5.74) is 1.04. The molecule has 2 heterocycles. The van der Waals surface area contributed by atoms with E-state index in [-0.39, 0.29) is 11.8 Å². The largest absolute Gasteiger partial charge is 0.461 e. The molecule has 1 aromatic heterocycles. The van der Waals surface area contributed by atoms with Crippen LogP contribution in [0.25, 0.3) is 11.3 Å². The van der Waals surface area contributed by atoms with Gasteiger partial charge in [0.25, 0.3) is 0 Å². The highest BCUT2D eigenvalue weighted by atomic mass is 16.3. The predicted molar refractivity (Wildman–Crippen MR) is 113 cm³/mol. The Labute approximate surface area is 173 Å². The first-order chi connectivity index (χ1) is 14.1. The summed E-state index contributed by atoms with van der Waals surface area (Å²) < 4.78 is 5.89. The van der Waals surface area contributed by atoms with Crippen LogP contribution in [0, 0.1) is 0 Å². The van der Waals surface area contributed by atoms with E-state index in [0.717, 1.165) is 43.3 Å². The molecular weight excluding hydrogens is 366 g/mol. The summed E-state index contributed by atoms with van der Waals surface area (Å²) in [6, 6.07) is 13.9. The van der Waals surface area contributed by atoms with Crippen LogP contribution in [0.2, 0.25) is 0 Å². The number of carbonyl (C=O) groups is 2. The van der Waals surface area contributed by atoms with Crippen molar-refractivity contribution in [1.29, 1.82) is 0 Å². The topological polar surface area (TPSA) is 57.0 Å². The minimum Gasteiger partial charge on any atom is -0.461 e. The van der Waals surface area contributed by atoms with Crippen molar-refractivity contribution in [2.75, 3.05) is 45.8 Å². The third-order valence-corrected chi connectivity index (χ3v) is 5.51. The van der Waals surface area contributed by atoms with Crippen molar-refractivity contribution < 1.29 is 14.0 Å². The van der Waals surface area contributed by atoms with E-state index in [1.165, 1.54) is 0 Å². The van der Waals surface area contributed by atoms with Crippen molar-refractivity contribution in [1.82, 2.24) is 14.7 Å². The van der Waals surface area contributed by atoms with Gasteiger partial charge in [0.1, 0.15) is 11.5 Å². The summed E-state index contributed by atoms with van der Waals surface area (Å²) in [5, 5.41) is 0. The highest BCUT2D eigenvalue weighted by molar-refractivity contribution is 5.78. The van der Waals surface area contributed by atoms with Gasteiger partial charge in [-0.15, -0.1) is 0 Å². The molecule has 6 heteroatoms.